The number of aliphatic carboxylic acids is 1. The van der Waals surface area contributed by atoms with Crippen LogP contribution in [-0.4, -0.2) is 60.3 Å². The highest BCUT2D eigenvalue weighted by Crippen LogP contribution is 2.25. The summed E-state index contributed by atoms with van der Waals surface area (Å²) in [7, 11) is -3.48. The second-order valence-electron chi connectivity index (χ2n) is 6.79. The maximum Gasteiger partial charge on any atom is 0.308 e. The molecule has 2 atom stereocenters. The summed E-state index contributed by atoms with van der Waals surface area (Å²) >= 11 is 0. The Bertz CT molecular complexity index is 772. The SMILES string of the molecule is CCN(CC)S(=O)(=O)c1ccc(CCC(=O)N2CCC(C(=O)O)C2C)cc1. The van der Waals surface area contributed by atoms with Gasteiger partial charge in [0, 0.05) is 32.1 Å². The summed E-state index contributed by atoms with van der Waals surface area (Å²) in [6, 6.07) is 6.32. The lowest BCUT2D eigenvalue weighted by Crippen LogP contribution is -2.37. The number of carbonyl (C=O) groups excluding carboxylic acids is 1. The van der Waals surface area contributed by atoms with Crippen LogP contribution in [0, 0.1) is 5.92 Å². The van der Waals surface area contributed by atoms with Gasteiger partial charge >= 0.3 is 5.97 Å². The zero-order valence-electron chi connectivity index (χ0n) is 16.1. The van der Waals surface area contributed by atoms with Gasteiger partial charge in [-0.2, -0.15) is 4.31 Å². The molecular formula is C19H28N2O5S. The Morgan fingerprint density at radius 1 is 1.19 bits per heavy atom. The number of carboxylic acid groups (broad SMARTS) is 1. The molecule has 2 rings (SSSR count). The summed E-state index contributed by atoms with van der Waals surface area (Å²) in [5.41, 5.74) is 0.878. The second kappa shape index (κ2) is 8.84. The standard InChI is InChI=1S/C19H28N2O5S/c1-4-20(5-2)27(25,26)16-9-6-15(7-10-16)8-11-18(22)21-13-12-17(14(21)3)19(23)24/h6-7,9-10,14,17H,4-5,8,11-13H2,1-3H3,(H,23,24). The molecule has 1 amide bonds. The Balaban J connectivity index is 1.98. The number of amides is 1. The summed E-state index contributed by atoms with van der Waals surface area (Å²) < 4.78 is 26.4. The van der Waals surface area contributed by atoms with Crippen molar-refractivity contribution in [3.63, 3.8) is 0 Å². The molecule has 7 nitrogen and oxygen atoms in total. The minimum Gasteiger partial charge on any atom is -0.481 e. The molecule has 0 bridgehead atoms. The third-order valence-corrected chi connectivity index (χ3v) is 7.35. The molecule has 27 heavy (non-hydrogen) atoms. The first-order chi connectivity index (χ1) is 12.7. The van der Waals surface area contributed by atoms with Crippen molar-refractivity contribution in [1.82, 2.24) is 9.21 Å². The average molecular weight is 397 g/mol. The highest BCUT2D eigenvalue weighted by molar-refractivity contribution is 7.89. The summed E-state index contributed by atoms with van der Waals surface area (Å²) in [5.74, 6) is -1.42. The lowest BCUT2D eigenvalue weighted by Gasteiger charge is -2.23. The minimum atomic E-state index is -3.48. The number of carboxylic acids is 1. The average Bonchev–Trinajstić information content (AvgIpc) is 3.02. The van der Waals surface area contributed by atoms with E-state index in [9.17, 15) is 18.0 Å². The number of likely N-dealkylation sites (tertiary alicyclic amines) is 1. The first-order valence-corrected chi connectivity index (χ1v) is 10.8. The van der Waals surface area contributed by atoms with Gasteiger partial charge in [-0.25, -0.2) is 8.42 Å². The Morgan fingerprint density at radius 2 is 1.78 bits per heavy atom. The zero-order valence-corrected chi connectivity index (χ0v) is 16.9. The van der Waals surface area contributed by atoms with E-state index in [1.54, 1.807) is 49.9 Å². The molecule has 1 aliphatic rings. The van der Waals surface area contributed by atoms with Crippen molar-refractivity contribution in [1.29, 1.82) is 0 Å². The number of sulfonamides is 1. The first-order valence-electron chi connectivity index (χ1n) is 9.33. The Morgan fingerprint density at radius 3 is 2.26 bits per heavy atom. The van der Waals surface area contributed by atoms with Crippen LogP contribution in [0.2, 0.25) is 0 Å². The van der Waals surface area contributed by atoms with Gasteiger partial charge in [0.05, 0.1) is 10.8 Å². The molecule has 8 heteroatoms. The fourth-order valence-electron chi connectivity index (χ4n) is 3.56. The molecule has 150 valence electrons. The van der Waals surface area contributed by atoms with Crippen molar-refractivity contribution in [2.45, 2.75) is 51.0 Å². The zero-order chi connectivity index (χ0) is 20.2. The van der Waals surface area contributed by atoms with E-state index in [0.29, 0.717) is 32.5 Å². The van der Waals surface area contributed by atoms with E-state index in [1.165, 1.54) is 4.31 Å². The molecule has 1 fully saturated rings. The molecule has 0 saturated carbocycles. The summed E-state index contributed by atoms with van der Waals surface area (Å²) in [6.45, 7) is 6.68. The maximum atomic E-state index is 12.5. The quantitative estimate of drug-likeness (QED) is 0.725. The fourth-order valence-corrected chi connectivity index (χ4v) is 5.02. The normalized spacial score (nSPS) is 20.2. The van der Waals surface area contributed by atoms with Gasteiger partial charge in [0.1, 0.15) is 0 Å². The molecule has 1 aromatic carbocycles. The molecule has 1 saturated heterocycles. The van der Waals surface area contributed by atoms with Gasteiger partial charge in [-0.1, -0.05) is 26.0 Å². The fraction of sp³-hybridized carbons (Fsp3) is 0.579. The van der Waals surface area contributed by atoms with E-state index < -0.39 is 21.9 Å². The highest BCUT2D eigenvalue weighted by atomic mass is 32.2. The van der Waals surface area contributed by atoms with Gasteiger partial charge < -0.3 is 10.0 Å². The van der Waals surface area contributed by atoms with Crippen LogP contribution in [0.5, 0.6) is 0 Å². The van der Waals surface area contributed by atoms with Crippen LogP contribution in [0.15, 0.2) is 29.2 Å². The molecule has 0 radical (unpaired) electrons. The number of hydrogen-bond donors (Lipinski definition) is 1. The molecule has 2 unspecified atom stereocenters. The van der Waals surface area contributed by atoms with Crippen molar-refractivity contribution in [3.05, 3.63) is 29.8 Å². The van der Waals surface area contributed by atoms with E-state index in [-0.39, 0.29) is 23.3 Å². The van der Waals surface area contributed by atoms with Gasteiger partial charge in [0.15, 0.2) is 0 Å². The monoisotopic (exact) mass is 396 g/mol. The predicted molar refractivity (Wildman–Crippen MR) is 102 cm³/mol. The van der Waals surface area contributed by atoms with Crippen LogP contribution in [0.25, 0.3) is 0 Å². The maximum absolute atomic E-state index is 12.5. The summed E-state index contributed by atoms with van der Waals surface area (Å²) in [6.07, 6.45) is 1.25. The van der Waals surface area contributed by atoms with Crippen LogP contribution in [0.3, 0.4) is 0 Å². The second-order valence-corrected chi connectivity index (χ2v) is 8.73. The number of nitrogens with zero attached hydrogens (tertiary/aromatic N) is 2. The van der Waals surface area contributed by atoms with Gasteiger partial charge in [0.25, 0.3) is 0 Å². The van der Waals surface area contributed by atoms with E-state index in [4.69, 9.17) is 5.11 Å². The number of aryl methyl sites for hydroxylation is 1. The number of carbonyl (C=O) groups is 2. The van der Waals surface area contributed by atoms with Crippen molar-refractivity contribution >= 4 is 21.9 Å². The van der Waals surface area contributed by atoms with E-state index in [1.807, 2.05) is 0 Å². The Labute approximate surface area is 161 Å². The third kappa shape index (κ3) is 4.68. The van der Waals surface area contributed by atoms with Crippen molar-refractivity contribution < 1.29 is 23.1 Å². The molecule has 0 spiro atoms. The van der Waals surface area contributed by atoms with Crippen LogP contribution >= 0.6 is 0 Å². The van der Waals surface area contributed by atoms with Gasteiger partial charge in [0.2, 0.25) is 15.9 Å². The minimum absolute atomic E-state index is 0.0638. The molecule has 1 N–H and O–H groups in total. The van der Waals surface area contributed by atoms with Crippen LogP contribution in [0.4, 0.5) is 0 Å². The molecular weight excluding hydrogens is 368 g/mol. The number of rotatable bonds is 8. The molecule has 1 heterocycles. The molecule has 1 aromatic rings. The van der Waals surface area contributed by atoms with Crippen LogP contribution in [-0.2, 0) is 26.0 Å². The lowest BCUT2D eigenvalue weighted by molar-refractivity contribution is -0.143. The topological polar surface area (TPSA) is 95.0 Å². The van der Waals surface area contributed by atoms with Crippen LogP contribution < -0.4 is 0 Å². The van der Waals surface area contributed by atoms with Crippen molar-refractivity contribution in [3.8, 4) is 0 Å². The van der Waals surface area contributed by atoms with E-state index in [0.717, 1.165) is 5.56 Å². The number of hydrogen-bond acceptors (Lipinski definition) is 4. The van der Waals surface area contributed by atoms with Gasteiger partial charge in [-0.05, 0) is 37.5 Å². The first kappa shape index (κ1) is 21.4. The number of benzene rings is 1. The summed E-state index contributed by atoms with van der Waals surface area (Å²) in [5, 5.41) is 9.17. The van der Waals surface area contributed by atoms with Gasteiger partial charge in [-0.15, -0.1) is 0 Å². The molecule has 1 aliphatic heterocycles. The van der Waals surface area contributed by atoms with Crippen LogP contribution in [0.1, 0.15) is 39.2 Å². The van der Waals surface area contributed by atoms with E-state index in [2.05, 4.69) is 0 Å². The molecule has 0 aliphatic carbocycles. The van der Waals surface area contributed by atoms with Crippen molar-refractivity contribution in [2.75, 3.05) is 19.6 Å². The predicted octanol–water partition coefficient (Wildman–Crippen LogP) is 1.97. The summed E-state index contributed by atoms with van der Waals surface area (Å²) in [4.78, 5) is 25.5. The third-order valence-electron chi connectivity index (χ3n) is 5.29. The highest BCUT2D eigenvalue weighted by Gasteiger charge is 2.37. The smallest absolute Gasteiger partial charge is 0.308 e. The van der Waals surface area contributed by atoms with Crippen molar-refractivity contribution in [2.24, 2.45) is 5.92 Å². The Hall–Kier alpha value is -1.93. The lowest BCUT2D eigenvalue weighted by atomic mass is 10.0. The molecule has 0 aromatic heterocycles. The Kier molecular flexibility index (Phi) is 7.00. The van der Waals surface area contributed by atoms with E-state index >= 15 is 0 Å². The van der Waals surface area contributed by atoms with Gasteiger partial charge in [-0.3, -0.25) is 9.59 Å². The largest absolute Gasteiger partial charge is 0.481 e.